The number of para-hydroxylation sites is 1. The zero-order chi connectivity index (χ0) is 23.4. The average Bonchev–Trinajstić information content (AvgIpc) is 3.02. The smallest absolute Gasteiger partial charge is 0.344 e. The van der Waals surface area contributed by atoms with E-state index < -0.39 is 28.1 Å². The summed E-state index contributed by atoms with van der Waals surface area (Å²) in [7, 11) is 1.39. The molecule has 1 atom stereocenters. The number of carboxylic acid groups (broad SMARTS) is 1. The molecule has 2 amide bonds. The molecule has 32 heavy (non-hydrogen) atoms. The quantitative estimate of drug-likeness (QED) is 0.357. The molecular formula is C21H18N2O8S. The highest BCUT2D eigenvalue weighted by Crippen LogP contribution is 2.38. The van der Waals surface area contributed by atoms with Gasteiger partial charge < -0.3 is 14.6 Å². The van der Waals surface area contributed by atoms with E-state index in [-0.39, 0.29) is 28.6 Å². The Morgan fingerprint density at radius 3 is 2.66 bits per heavy atom. The van der Waals surface area contributed by atoms with Crippen LogP contribution >= 0.6 is 11.8 Å². The molecule has 2 aromatic rings. The lowest BCUT2D eigenvalue weighted by Crippen LogP contribution is -2.27. The molecule has 11 heteroatoms. The number of hydrogen-bond acceptors (Lipinski definition) is 8. The number of methoxy groups -OCH3 is 1. The predicted molar refractivity (Wildman–Crippen MR) is 115 cm³/mol. The highest BCUT2D eigenvalue weighted by atomic mass is 32.2. The fraction of sp³-hybridized carbons (Fsp3) is 0.190. The van der Waals surface area contributed by atoms with Crippen LogP contribution in [-0.4, -0.2) is 45.3 Å². The SMILES string of the molecule is COc1cccc(/C=C2\SC(=O)N(Cc3cccc([N+](=O)[O-])c3)C2=O)c1O[C@H](C)C(=O)O. The molecular weight excluding hydrogens is 440 g/mol. The van der Waals surface area contributed by atoms with Gasteiger partial charge in [0.05, 0.1) is 23.5 Å². The van der Waals surface area contributed by atoms with Crippen LogP contribution in [-0.2, 0) is 16.1 Å². The van der Waals surface area contributed by atoms with E-state index >= 15 is 0 Å². The second kappa shape index (κ2) is 9.52. The number of rotatable bonds is 8. The third-order valence-electron chi connectivity index (χ3n) is 4.49. The second-order valence-electron chi connectivity index (χ2n) is 6.67. The van der Waals surface area contributed by atoms with Gasteiger partial charge in [0.15, 0.2) is 17.6 Å². The Hall–Kier alpha value is -3.86. The topological polar surface area (TPSA) is 136 Å². The van der Waals surface area contributed by atoms with Crippen LogP contribution in [0.3, 0.4) is 0 Å². The Balaban J connectivity index is 1.90. The fourth-order valence-electron chi connectivity index (χ4n) is 2.89. The first kappa shape index (κ1) is 22.8. The number of nitro benzene ring substituents is 1. The predicted octanol–water partition coefficient (Wildman–Crippen LogP) is 3.69. The van der Waals surface area contributed by atoms with Gasteiger partial charge in [-0.3, -0.25) is 24.6 Å². The molecule has 1 saturated heterocycles. The van der Waals surface area contributed by atoms with Crippen molar-refractivity contribution in [3.63, 3.8) is 0 Å². The van der Waals surface area contributed by atoms with Crippen LogP contribution in [0.2, 0.25) is 0 Å². The minimum absolute atomic E-state index is 0.0986. The summed E-state index contributed by atoms with van der Waals surface area (Å²) in [5.74, 6) is -1.37. The van der Waals surface area contributed by atoms with Crippen molar-refractivity contribution in [2.24, 2.45) is 0 Å². The molecule has 10 nitrogen and oxygen atoms in total. The molecule has 0 unspecified atom stereocenters. The highest BCUT2D eigenvalue weighted by Gasteiger charge is 2.35. The number of hydrogen-bond donors (Lipinski definition) is 1. The number of carbonyl (C=O) groups is 3. The molecule has 1 N–H and O–H groups in total. The molecule has 2 aromatic carbocycles. The van der Waals surface area contributed by atoms with Crippen LogP contribution in [0.5, 0.6) is 11.5 Å². The molecule has 1 aliphatic rings. The van der Waals surface area contributed by atoms with Crippen LogP contribution in [0.1, 0.15) is 18.1 Å². The third kappa shape index (κ3) is 4.89. The third-order valence-corrected chi connectivity index (χ3v) is 5.40. The number of thioether (sulfide) groups is 1. The van der Waals surface area contributed by atoms with Crippen LogP contribution < -0.4 is 9.47 Å². The summed E-state index contributed by atoms with van der Waals surface area (Å²) >= 11 is 0.706. The summed E-state index contributed by atoms with van der Waals surface area (Å²) in [6, 6.07) is 10.5. The number of nitro groups is 1. The summed E-state index contributed by atoms with van der Waals surface area (Å²) < 4.78 is 10.7. The first-order valence-corrected chi connectivity index (χ1v) is 10.1. The summed E-state index contributed by atoms with van der Waals surface area (Å²) in [5, 5.41) is 19.6. The van der Waals surface area contributed by atoms with E-state index in [1.54, 1.807) is 24.3 Å². The van der Waals surface area contributed by atoms with E-state index in [0.717, 1.165) is 4.90 Å². The van der Waals surface area contributed by atoms with E-state index in [1.807, 2.05) is 0 Å². The Bertz CT molecular complexity index is 1130. The lowest BCUT2D eigenvalue weighted by molar-refractivity contribution is -0.384. The zero-order valence-corrected chi connectivity index (χ0v) is 17.8. The lowest BCUT2D eigenvalue weighted by Gasteiger charge is -2.16. The number of imide groups is 1. The largest absolute Gasteiger partial charge is 0.493 e. The Kier molecular flexibility index (Phi) is 6.79. The number of aliphatic carboxylic acids is 1. The minimum atomic E-state index is -1.18. The number of ether oxygens (including phenoxy) is 2. The molecule has 1 aliphatic heterocycles. The second-order valence-corrected chi connectivity index (χ2v) is 7.66. The molecule has 0 aliphatic carbocycles. The van der Waals surface area contributed by atoms with Crippen molar-refractivity contribution in [2.45, 2.75) is 19.6 Å². The minimum Gasteiger partial charge on any atom is -0.493 e. The van der Waals surface area contributed by atoms with Gasteiger partial charge in [-0.15, -0.1) is 0 Å². The normalized spacial score (nSPS) is 15.7. The number of benzene rings is 2. The number of carboxylic acids is 1. The first-order valence-electron chi connectivity index (χ1n) is 9.26. The van der Waals surface area contributed by atoms with E-state index in [2.05, 4.69) is 0 Å². The van der Waals surface area contributed by atoms with E-state index in [4.69, 9.17) is 14.6 Å². The molecule has 0 radical (unpaired) electrons. The van der Waals surface area contributed by atoms with Crippen molar-refractivity contribution in [1.29, 1.82) is 0 Å². The van der Waals surface area contributed by atoms with Gasteiger partial charge in [0.1, 0.15) is 0 Å². The summed E-state index contributed by atoms with van der Waals surface area (Å²) in [6.07, 6.45) is 0.243. The number of non-ortho nitro benzene ring substituents is 1. The summed E-state index contributed by atoms with van der Waals surface area (Å²) in [6.45, 7) is 1.23. The van der Waals surface area contributed by atoms with Crippen LogP contribution in [0.25, 0.3) is 6.08 Å². The van der Waals surface area contributed by atoms with Gasteiger partial charge in [-0.1, -0.05) is 24.3 Å². The Morgan fingerprint density at radius 2 is 2.00 bits per heavy atom. The molecule has 0 aromatic heterocycles. The van der Waals surface area contributed by atoms with Crippen molar-refractivity contribution in [2.75, 3.05) is 7.11 Å². The van der Waals surface area contributed by atoms with Crippen LogP contribution in [0, 0.1) is 10.1 Å². The van der Waals surface area contributed by atoms with E-state index in [0.29, 0.717) is 22.9 Å². The molecule has 0 spiro atoms. The highest BCUT2D eigenvalue weighted by molar-refractivity contribution is 8.18. The van der Waals surface area contributed by atoms with Gasteiger partial charge in [-0.2, -0.15) is 0 Å². The lowest BCUT2D eigenvalue weighted by atomic mass is 10.1. The standard InChI is InChI=1S/C21H18N2O8S/c1-12(20(25)26)31-18-14(6-4-8-16(18)30-2)10-17-19(24)22(21(27)32-17)11-13-5-3-7-15(9-13)23(28)29/h3-10,12H,11H2,1-2H3,(H,25,26)/b17-10-/t12-/m1/s1. The zero-order valence-electron chi connectivity index (χ0n) is 17.0. The summed E-state index contributed by atoms with van der Waals surface area (Å²) in [4.78, 5) is 48.0. The van der Waals surface area contributed by atoms with Gasteiger partial charge >= 0.3 is 5.97 Å². The number of carbonyl (C=O) groups excluding carboxylic acids is 2. The molecule has 0 bridgehead atoms. The first-order chi connectivity index (χ1) is 15.2. The van der Waals surface area contributed by atoms with Crippen molar-refractivity contribution in [1.82, 2.24) is 4.90 Å². The maximum atomic E-state index is 12.9. The van der Waals surface area contributed by atoms with Crippen molar-refractivity contribution in [3.8, 4) is 11.5 Å². The molecule has 1 fully saturated rings. The van der Waals surface area contributed by atoms with Gasteiger partial charge in [0, 0.05) is 17.7 Å². The van der Waals surface area contributed by atoms with Gasteiger partial charge in [0.25, 0.3) is 16.8 Å². The number of nitrogens with zero attached hydrogens (tertiary/aromatic N) is 2. The average molecular weight is 458 g/mol. The summed E-state index contributed by atoms with van der Waals surface area (Å²) in [5.41, 5.74) is 0.650. The van der Waals surface area contributed by atoms with Crippen molar-refractivity contribution < 1.29 is 33.9 Å². The van der Waals surface area contributed by atoms with Crippen LogP contribution in [0.15, 0.2) is 47.4 Å². The maximum Gasteiger partial charge on any atom is 0.344 e. The van der Waals surface area contributed by atoms with E-state index in [9.17, 15) is 24.5 Å². The molecule has 166 valence electrons. The Morgan fingerprint density at radius 1 is 1.28 bits per heavy atom. The van der Waals surface area contributed by atoms with Gasteiger partial charge in [0.2, 0.25) is 0 Å². The van der Waals surface area contributed by atoms with Crippen LogP contribution in [0.4, 0.5) is 10.5 Å². The molecule has 3 rings (SSSR count). The monoisotopic (exact) mass is 458 g/mol. The van der Waals surface area contributed by atoms with Gasteiger partial charge in [-0.05, 0) is 36.4 Å². The maximum absolute atomic E-state index is 12.9. The van der Waals surface area contributed by atoms with Crippen molar-refractivity contribution in [3.05, 3.63) is 68.6 Å². The molecule has 1 heterocycles. The Labute approximate surface area is 186 Å². The van der Waals surface area contributed by atoms with Gasteiger partial charge in [-0.25, -0.2) is 4.79 Å². The molecule has 0 saturated carbocycles. The fourth-order valence-corrected chi connectivity index (χ4v) is 3.72. The van der Waals surface area contributed by atoms with Crippen molar-refractivity contribution >= 4 is 40.6 Å². The van der Waals surface area contributed by atoms with E-state index in [1.165, 1.54) is 38.3 Å². The number of amides is 2.